The van der Waals surface area contributed by atoms with Crippen LogP contribution in [0.3, 0.4) is 0 Å². The van der Waals surface area contributed by atoms with E-state index in [1.165, 1.54) is 110 Å². The summed E-state index contributed by atoms with van der Waals surface area (Å²) in [6.45, 7) is 0. The van der Waals surface area contributed by atoms with Crippen LogP contribution in [0.25, 0.3) is 60.5 Å². The van der Waals surface area contributed by atoms with Crippen LogP contribution in [0.5, 0.6) is 0 Å². The predicted molar refractivity (Wildman–Crippen MR) is 242 cm³/mol. The van der Waals surface area contributed by atoms with Gasteiger partial charge in [0.25, 0.3) is 0 Å². The molecule has 58 heavy (non-hydrogen) atoms. The molecule has 2 bridgehead atoms. The van der Waals surface area contributed by atoms with Gasteiger partial charge in [0.15, 0.2) is 0 Å². The zero-order valence-corrected chi connectivity index (χ0v) is 32.6. The largest absolute Gasteiger partial charge is 0.310 e. The first-order valence-electron chi connectivity index (χ1n) is 21.3. The predicted octanol–water partition coefficient (Wildman–Crippen LogP) is 14.8. The summed E-state index contributed by atoms with van der Waals surface area (Å²) in [5.41, 5.74) is 14.8. The third-order valence-corrected chi connectivity index (χ3v) is 15.4. The summed E-state index contributed by atoms with van der Waals surface area (Å²) in [5, 5.41) is 5.10. The number of benzene rings is 8. The molecule has 278 valence electrons. The van der Waals surface area contributed by atoms with Crippen molar-refractivity contribution in [2.75, 3.05) is 4.90 Å². The van der Waals surface area contributed by atoms with Crippen molar-refractivity contribution >= 4 is 49.6 Å². The molecule has 4 aliphatic rings. The Morgan fingerprint density at radius 1 is 0.431 bits per heavy atom. The van der Waals surface area contributed by atoms with Gasteiger partial charge in [0.2, 0.25) is 0 Å². The van der Waals surface area contributed by atoms with Gasteiger partial charge in [-0.15, -0.1) is 0 Å². The first-order valence-corrected chi connectivity index (χ1v) is 21.3. The van der Waals surface area contributed by atoms with Gasteiger partial charge in [0, 0.05) is 33.5 Å². The minimum atomic E-state index is 0.359. The van der Waals surface area contributed by atoms with Gasteiger partial charge in [-0.3, -0.25) is 0 Å². The minimum absolute atomic E-state index is 0.359. The van der Waals surface area contributed by atoms with E-state index < -0.39 is 0 Å². The van der Waals surface area contributed by atoms with E-state index in [4.69, 9.17) is 0 Å². The summed E-state index contributed by atoms with van der Waals surface area (Å²) in [4.78, 5) is 2.48. The lowest BCUT2D eigenvalue weighted by Crippen LogP contribution is -2.59. The summed E-state index contributed by atoms with van der Waals surface area (Å²) >= 11 is 0. The monoisotopic (exact) mass is 744 g/mol. The van der Waals surface area contributed by atoms with Gasteiger partial charge in [0.05, 0.1) is 11.0 Å². The van der Waals surface area contributed by atoms with Crippen LogP contribution < -0.4 is 4.90 Å². The smallest absolute Gasteiger partial charge is 0.0547 e. The molecule has 2 heteroatoms. The van der Waals surface area contributed by atoms with Gasteiger partial charge < -0.3 is 9.47 Å². The van der Waals surface area contributed by atoms with E-state index in [1.807, 2.05) is 0 Å². The Morgan fingerprint density at radius 3 is 1.78 bits per heavy atom. The maximum Gasteiger partial charge on any atom is 0.0547 e. The molecule has 0 unspecified atom stereocenters. The molecule has 4 aliphatic carbocycles. The molecule has 9 aromatic rings. The molecule has 2 nitrogen and oxygen atoms in total. The number of anilines is 3. The van der Waals surface area contributed by atoms with Gasteiger partial charge in [0.1, 0.15) is 0 Å². The molecule has 0 radical (unpaired) electrons. The molecule has 4 fully saturated rings. The van der Waals surface area contributed by atoms with E-state index >= 15 is 0 Å². The molecule has 0 aliphatic heterocycles. The van der Waals surface area contributed by atoms with Gasteiger partial charge in [-0.1, -0.05) is 121 Å². The number of hydrogen-bond acceptors (Lipinski definition) is 1. The Morgan fingerprint density at radius 2 is 1.05 bits per heavy atom. The second kappa shape index (κ2) is 12.1. The topological polar surface area (TPSA) is 8.17 Å². The molecule has 2 atom stereocenters. The Hall–Kier alpha value is -6.38. The second-order valence-corrected chi connectivity index (χ2v) is 18.0. The van der Waals surface area contributed by atoms with E-state index in [0.717, 1.165) is 17.8 Å². The lowest BCUT2D eigenvalue weighted by Gasteiger charge is -2.66. The number of rotatable bonds is 7. The standard InChI is InChI=1S/C56H44N2/c1-2-10-37(11-3-1)38-20-24-47(25-21-38)57(50-17-9-15-43(33-50)55-34-45-31-44-32-46(35-55)56(44,45)36-55)48-26-22-39(23-27-48)40-14-8-16-49(28-40)58-53-19-7-6-18-51(53)52-29-41-12-4-5-13-42(41)30-54(52)58/h1-30,33,44-46H,31-32,34-36H2/t44?,45-,46-,55?,56?/m0/s1. The first kappa shape index (κ1) is 32.7. The number of aromatic nitrogens is 1. The van der Waals surface area contributed by atoms with Crippen LogP contribution in [0.15, 0.2) is 188 Å². The number of hydrogen-bond donors (Lipinski definition) is 0. The van der Waals surface area contributed by atoms with Crippen LogP contribution in [0.2, 0.25) is 0 Å². The SMILES string of the molecule is c1ccc(-c2ccc(N(c3ccc(-c4cccc(-n5c6ccccc6c6cc7ccccc7cc65)c4)cc3)c3cccc(C45C[C@@H]6CC7C[C@@H](C4)C76C5)c3)cc2)cc1. The van der Waals surface area contributed by atoms with E-state index in [0.29, 0.717) is 10.8 Å². The molecule has 0 amide bonds. The van der Waals surface area contributed by atoms with Gasteiger partial charge in [-0.05, 0) is 166 Å². The molecular formula is C56H44N2. The van der Waals surface area contributed by atoms with Crippen LogP contribution >= 0.6 is 0 Å². The number of nitrogens with zero attached hydrogens (tertiary/aromatic N) is 2. The third kappa shape index (κ3) is 4.60. The van der Waals surface area contributed by atoms with Gasteiger partial charge in [-0.2, -0.15) is 0 Å². The quantitative estimate of drug-likeness (QED) is 0.158. The second-order valence-electron chi connectivity index (χ2n) is 18.0. The van der Waals surface area contributed by atoms with Crippen molar-refractivity contribution in [1.82, 2.24) is 4.57 Å². The average Bonchev–Trinajstić information content (AvgIpc) is 3.89. The highest BCUT2D eigenvalue weighted by Crippen LogP contribution is 2.84. The van der Waals surface area contributed by atoms with Crippen molar-refractivity contribution in [2.24, 2.45) is 23.2 Å². The fourth-order valence-electron chi connectivity index (χ4n) is 12.8. The Balaban J connectivity index is 0.890. The van der Waals surface area contributed by atoms with Gasteiger partial charge in [-0.25, -0.2) is 0 Å². The number of para-hydroxylation sites is 1. The Labute approximate surface area is 340 Å². The minimum Gasteiger partial charge on any atom is -0.310 e. The molecule has 1 spiro atoms. The zero-order valence-electron chi connectivity index (χ0n) is 32.6. The highest BCUT2D eigenvalue weighted by Gasteiger charge is 2.77. The summed E-state index contributed by atoms with van der Waals surface area (Å²) in [7, 11) is 0. The molecule has 4 saturated carbocycles. The first-order chi connectivity index (χ1) is 28.6. The molecule has 1 heterocycles. The summed E-state index contributed by atoms with van der Waals surface area (Å²) in [5.74, 6) is 2.96. The van der Waals surface area contributed by atoms with Crippen LogP contribution in [-0.2, 0) is 5.41 Å². The lowest BCUT2D eigenvalue weighted by atomic mass is 9.38. The van der Waals surface area contributed by atoms with Crippen molar-refractivity contribution in [1.29, 1.82) is 0 Å². The molecule has 0 N–H and O–H groups in total. The fraction of sp³-hybridized carbons (Fsp3) is 0.179. The van der Waals surface area contributed by atoms with Crippen molar-refractivity contribution in [3.63, 3.8) is 0 Å². The van der Waals surface area contributed by atoms with Crippen LogP contribution in [-0.4, -0.2) is 4.57 Å². The van der Waals surface area contributed by atoms with E-state index in [2.05, 4.69) is 198 Å². The number of fused-ring (bicyclic) bond motifs is 5. The zero-order chi connectivity index (χ0) is 38.0. The Kier molecular flexibility index (Phi) is 6.80. The molecule has 13 rings (SSSR count). The highest BCUT2D eigenvalue weighted by atomic mass is 15.1. The summed E-state index contributed by atoms with van der Waals surface area (Å²) in [6.07, 6.45) is 7.20. The molecule has 0 saturated heterocycles. The van der Waals surface area contributed by atoms with Crippen LogP contribution in [0.4, 0.5) is 17.1 Å². The average molecular weight is 745 g/mol. The van der Waals surface area contributed by atoms with E-state index in [-0.39, 0.29) is 0 Å². The van der Waals surface area contributed by atoms with E-state index in [1.54, 1.807) is 5.56 Å². The maximum absolute atomic E-state index is 2.55. The lowest BCUT2D eigenvalue weighted by molar-refractivity contribution is -0.175. The van der Waals surface area contributed by atoms with Gasteiger partial charge >= 0.3 is 0 Å². The normalized spacial score (nSPS) is 23.8. The fourth-order valence-corrected chi connectivity index (χ4v) is 12.8. The maximum atomic E-state index is 2.55. The summed E-state index contributed by atoms with van der Waals surface area (Å²) in [6, 6.07) is 70.1. The highest BCUT2D eigenvalue weighted by molar-refractivity contribution is 6.13. The Bertz CT molecular complexity index is 3050. The van der Waals surface area contributed by atoms with Crippen molar-refractivity contribution in [3.05, 3.63) is 194 Å². The van der Waals surface area contributed by atoms with Crippen molar-refractivity contribution in [2.45, 2.75) is 37.5 Å². The third-order valence-electron chi connectivity index (χ3n) is 15.4. The molecule has 1 aromatic heterocycles. The summed E-state index contributed by atoms with van der Waals surface area (Å²) < 4.78 is 2.44. The van der Waals surface area contributed by atoms with Crippen LogP contribution in [0, 0.1) is 23.2 Å². The van der Waals surface area contributed by atoms with Crippen LogP contribution in [0.1, 0.15) is 37.7 Å². The molecular weight excluding hydrogens is 701 g/mol. The van der Waals surface area contributed by atoms with E-state index in [9.17, 15) is 0 Å². The molecule has 8 aromatic carbocycles. The van der Waals surface area contributed by atoms with Crippen molar-refractivity contribution in [3.8, 4) is 27.9 Å². The van der Waals surface area contributed by atoms with Crippen molar-refractivity contribution < 1.29 is 0 Å².